The number of hydrogen-bond acceptors (Lipinski definition) is 5. The Hall–Kier alpha value is -1.78. The lowest BCUT2D eigenvalue weighted by Crippen LogP contribution is -1.99. The minimum atomic E-state index is -3.08. The van der Waals surface area contributed by atoms with Gasteiger partial charge in [-0.2, -0.15) is 0 Å². The van der Waals surface area contributed by atoms with Crippen molar-refractivity contribution >= 4 is 18.9 Å². The monoisotopic (exact) mass is 387 g/mol. The van der Waals surface area contributed by atoms with Gasteiger partial charge in [-0.25, -0.2) is 4.98 Å². The number of aromatic nitrogens is 1. The molecule has 0 radical (unpaired) electrons. The van der Waals surface area contributed by atoms with Gasteiger partial charge in [0.25, 0.3) is 0 Å². The first kappa shape index (κ1) is 19.0. The second kappa shape index (κ2) is 8.74. The van der Waals surface area contributed by atoms with Crippen LogP contribution < -0.4 is 0 Å². The van der Waals surface area contributed by atoms with E-state index in [1.54, 1.807) is 11.3 Å². The normalized spacial score (nSPS) is 11.6. The first-order valence-corrected chi connectivity index (χ1v) is 11.2. The lowest BCUT2D eigenvalue weighted by Gasteiger charge is -2.17. The van der Waals surface area contributed by atoms with Crippen molar-refractivity contribution in [1.82, 2.24) is 4.98 Å². The maximum atomic E-state index is 12.6. The summed E-state index contributed by atoms with van der Waals surface area (Å²) in [7, 11) is -3.08. The molecule has 1 heterocycles. The van der Waals surface area contributed by atoms with Gasteiger partial charge >= 0.3 is 7.60 Å². The van der Waals surface area contributed by atoms with E-state index in [9.17, 15) is 4.57 Å². The predicted octanol–water partition coefficient (Wildman–Crippen LogP) is 6.24. The molecule has 0 saturated carbocycles. The highest BCUT2D eigenvalue weighted by molar-refractivity contribution is 7.53. The lowest BCUT2D eigenvalue weighted by atomic mass is 10.1. The molecule has 1 aromatic heterocycles. The highest BCUT2D eigenvalue weighted by Gasteiger charge is 2.24. The molecule has 2 aromatic carbocycles. The molecule has 0 aliphatic heterocycles. The van der Waals surface area contributed by atoms with Gasteiger partial charge in [-0.3, -0.25) is 4.57 Å². The summed E-state index contributed by atoms with van der Waals surface area (Å²) in [4.78, 5) is 4.73. The summed E-state index contributed by atoms with van der Waals surface area (Å²) in [6.07, 6.45) is 0.280. The number of hydrogen-bond donors (Lipinski definition) is 0. The second-order valence-electron chi connectivity index (χ2n) is 5.71. The Bertz CT molecular complexity index is 868. The van der Waals surface area contributed by atoms with E-state index in [4.69, 9.17) is 14.0 Å². The van der Waals surface area contributed by atoms with E-state index in [2.05, 4.69) is 17.5 Å². The minimum absolute atomic E-state index is 0.280. The van der Waals surface area contributed by atoms with Crippen molar-refractivity contribution in [1.29, 1.82) is 0 Å². The van der Waals surface area contributed by atoms with Crippen molar-refractivity contribution in [3.63, 3.8) is 0 Å². The number of nitrogens with zero attached hydrogens (tertiary/aromatic N) is 1. The molecule has 6 heteroatoms. The van der Waals surface area contributed by atoms with Gasteiger partial charge in [0.15, 0.2) is 0 Å². The van der Waals surface area contributed by atoms with Crippen LogP contribution in [0, 0.1) is 0 Å². The fourth-order valence-electron chi connectivity index (χ4n) is 2.65. The standard InChI is InChI=1S/C20H22NO3PS/c1-3-23-25(22,24-4-2)14-16-10-12-18(13-11-16)20-21-19(15-26-20)17-8-6-5-7-9-17/h5-13,15H,3-4,14H2,1-2H3. The van der Waals surface area contributed by atoms with Gasteiger partial charge in [0.1, 0.15) is 5.01 Å². The Kier molecular flexibility index (Phi) is 6.38. The van der Waals surface area contributed by atoms with Gasteiger partial charge < -0.3 is 9.05 Å². The molecule has 0 unspecified atom stereocenters. The number of benzene rings is 2. The Labute approximate surface area is 158 Å². The average molecular weight is 387 g/mol. The Morgan fingerprint density at radius 3 is 2.19 bits per heavy atom. The molecule has 0 aliphatic rings. The molecular weight excluding hydrogens is 365 g/mol. The quantitative estimate of drug-likeness (QED) is 0.429. The maximum absolute atomic E-state index is 12.6. The molecule has 0 bridgehead atoms. The van der Waals surface area contributed by atoms with Crippen LogP contribution in [0.1, 0.15) is 19.4 Å². The summed E-state index contributed by atoms with van der Waals surface area (Å²) in [5.41, 5.74) is 4.07. The summed E-state index contributed by atoms with van der Waals surface area (Å²) in [5.74, 6) is 0. The first-order valence-electron chi connectivity index (χ1n) is 8.62. The predicted molar refractivity (Wildman–Crippen MR) is 108 cm³/mol. The average Bonchev–Trinajstić information content (AvgIpc) is 3.13. The fraction of sp³-hybridized carbons (Fsp3) is 0.250. The van der Waals surface area contributed by atoms with Crippen molar-refractivity contribution in [3.05, 3.63) is 65.5 Å². The summed E-state index contributed by atoms with van der Waals surface area (Å²) in [5, 5.41) is 3.03. The van der Waals surface area contributed by atoms with E-state index < -0.39 is 7.60 Å². The van der Waals surface area contributed by atoms with Gasteiger partial charge in [-0.15, -0.1) is 11.3 Å². The van der Waals surface area contributed by atoms with Crippen LogP contribution >= 0.6 is 18.9 Å². The molecule has 0 fully saturated rings. The molecule has 26 heavy (non-hydrogen) atoms. The van der Waals surface area contributed by atoms with Crippen LogP contribution in [0.5, 0.6) is 0 Å². The van der Waals surface area contributed by atoms with E-state index >= 15 is 0 Å². The van der Waals surface area contributed by atoms with Crippen LogP contribution in [0.3, 0.4) is 0 Å². The zero-order valence-corrected chi connectivity index (χ0v) is 16.6. The topological polar surface area (TPSA) is 48.4 Å². The Balaban J connectivity index is 1.76. The molecule has 0 amide bonds. The molecule has 4 nitrogen and oxygen atoms in total. The van der Waals surface area contributed by atoms with E-state index in [0.717, 1.165) is 27.4 Å². The third-order valence-electron chi connectivity index (χ3n) is 3.80. The van der Waals surface area contributed by atoms with Gasteiger partial charge in [0, 0.05) is 16.5 Å². The summed E-state index contributed by atoms with van der Waals surface area (Å²) >= 11 is 1.62. The van der Waals surface area contributed by atoms with Crippen LogP contribution in [0.2, 0.25) is 0 Å². The maximum Gasteiger partial charge on any atom is 0.335 e. The van der Waals surface area contributed by atoms with E-state index in [-0.39, 0.29) is 6.16 Å². The highest BCUT2D eigenvalue weighted by atomic mass is 32.1. The molecule has 0 spiro atoms. The van der Waals surface area contributed by atoms with Crippen molar-refractivity contribution in [2.75, 3.05) is 13.2 Å². The third kappa shape index (κ3) is 4.68. The molecule has 0 aliphatic carbocycles. The zero-order valence-electron chi connectivity index (χ0n) is 14.9. The van der Waals surface area contributed by atoms with Crippen LogP contribution in [-0.4, -0.2) is 18.2 Å². The molecule has 3 aromatic rings. The van der Waals surface area contributed by atoms with Crippen LogP contribution in [0.15, 0.2) is 60.0 Å². The van der Waals surface area contributed by atoms with Gasteiger partial charge in [0.2, 0.25) is 0 Å². The van der Waals surface area contributed by atoms with Gasteiger partial charge in [-0.1, -0.05) is 54.6 Å². The summed E-state index contributed by atoms with van der Waals surface area (Å²) in [6, 6.07) is 18.1. The van der Waals surface area contributed by atoms with Crippen molar-refractivity contribution in [3.8, 4) is 21.8 Å². The smallest absolute Gasteiger partial charge is 0.309 e. The third-order valence-corrected chi connectivity index (χ3v) is 6.75. The zero-order chi connectivity index (χ0) is 18.4. The van der Waals surface area contributed by atoms with Crippen LogP contribution in [-0.2, 0) is 19.8 Å². The molecule has 0 saturated heterocycles. The van der Waals surface area contributed by atoms with Crippen molar-refractivity contribution in [2.45, 2.75) is 20.0 Å². The Morgan fingerprint density at radius 1 is 0.923 bits per heavy atom. The van der Waals surface area contributed by atoms with Gasteiger partial charge in [0.05, 0.1) is 25.1 Å². The lowest BCUT2D eigenvalue weighted by molar-refractivity contribution is 0.219. The molecular formula is C20H22NO3PS. The Morgan fingerprint density at radius 2 is 1.58 bits per heavy atom. The SMILES string of the molecule is CCOP(=O)(Cc1ccc(-c2nc(-c3ccccc3)cs2)cc1)OCC. The van der Waals surface area contributed by atoms with Crippen LogP contribution in [0.25, 0.3) is 21.8 Å². The molecule has 136 valence electrons. The minimum Gasteiger partial charge on any atom is -0.309 e. The first-order chi connectivity index (χ1) is 12.6. The van der Waals surface area contributed by atoms with E-state index in [1.165, 1.54) is 0 Å². The summed E-state index contributed by atoms with van der Waals surface area (Å²) < 4.78 is 23.4. The number of thiazole rings is 1. The van der Waals surface area contributed by atoms with Gasteiger partial charge in [-0.05, 0) is 19.4 Å². The molecule has 0 N–H and O–H groups in total. The second-order valence-corrected chi connectivity index (χ2v) is 8.62. The molecule has 0 atom stereocenters. The van der Waals surface area contributed by atoms with E-state index in [0.29, 0.717) is 13.2 Å². The van der Waals surface area contributed by atoms with E-state index in [1.807, 2.05) is 56.3 Å². The molecule has 3 rings (SSSR count). The van der Waals surface area contributed by atoms with Crippen LogP contribution in [0.4, 0.5) is 0 Å². The van der Waals surface area contributed by atoms with Crippen molar-refractivity contribution in [2.24, 2.45) is 0 Å². The largest absolute Gasteiger partial charge is 0.335 e. The highest BCUT2D eigenvalue weighted by Crippen LogP contribution is 2.51. The summed E-state index contributed by atoms with van der Waals surface area (Å²) in [6.45, 7) is 4.39. The number of rotatable bonds is 8. The van der Waals surface area contributed by atoms with Crippen molar-refractivity contribution < 1.29 is 13.6 Å². The fourth-order valence-corrected chi connectivity index (χ4v) is 5.18.